The van der Waals surface area contributed by atoms with E-state index in [1.807, 2.05) is 0 Å². The van der Waals surface area contributed by atoms with E-state index in [9.17, 15) is 28.8 Å². The van der Waals surface area contributed by atoms with Crippen LogP contribution in [0, 0.1) is 0 Å². The molecule has 10 nitrogen and oxygen atoms in total. The number of carbonyl (C=O) groups is 6. The second-order valence-corrected chi connectivity index (χ2v) is 6.82. The number of rotatable bonds is 10. The van der Waals surface area contributed by atoms with E-state index < -0.39 is 46.1 Å². The zero-order valence-electron chi connectivity index (χ0n) is 13.9. The van der Waals surface area contributed by atoms with Crippen LogP contribution in [0.1, 0.15) is 13.8 Å². The molecule has 0 aromatic carbocycles. The van der Waals surface area contributed by atoms with E-state index in [4.69, 9.17) is 10.2 Å². The van der Waals surface area contributed by atoms with Gasteiger partial charge < -0.3 is 20.8 Å². The Labute approximate surface area is 157 Å². The van der Waals surface area contributed by atoms with Crippen LogP contribution >= 0.6 is 23.5 Å². The molecule has 0 saturated heterocycles. The number of carbonyl (C=O) groups excluding carboxylic acids is 4. The molecule has 0 aliphatic carbocycles. The second-order valence-electron chi connectivity index (χ2n) is 4.78. The van der Waals surface area contributed by atoms with Crippen LogP contribution in [-0.2, 0) is 28.8 Å². The highest BCUT2D eigenvalue weighted by Crippen LogP contribution is 2.10. The first kappa shape index (κ1) is 23.7. The van der Waals surface area contributed by atoms with Crippen molar-refractivity contribution in [2.45, 2.75) is 25.9 Å². The molecule has 144 valence electrons. The molecule has 0 aliphatic rings. The number of nitrogens with one attached hydrogen (secondary N) is 2. The lowest BCUT2D eigenvalue weighted by Gasteiger charge is -2.11. The van der Waals surface area contributed by atoms with Crippen LogP contribution in [0.4, 0.5) is 0 Å². The number of amides is 2. The van der Waals surface area contributed by atoms with Crippen LogP contribution in [0.2, 0.25) is 0 Å². The van der Waals surface area contributed by atoms with Gasteiger partial charge in [0.1, 0.15) is 12.1 Å². The summed E-state index contributed by atoms with van der Waals surface area (Å²) in [7, 11) is 0. The normalized spacial score (nSPS) is 12.8. The van der Waals surface area contributed by atoms with Crippen molar-refractivity contribution in [3.8, 4) is 0 Å². The highest BCUT2D eigenvalue weighted by molar-refractivity contribution is 8.14. The van der Waals surface area contributed by atoms with Gasteiger partial charge in [0.05, 0.1) is 0 Å². The fraction of sp³-hybridized carbons (Fsp3) is 0.429. The van der Waals surface area contributed by atoms with E-state index in [1.54, 1.807) is 0 Å². The fourth-order valence-electron chi connectivity index (χ4n) is 1.40. The van der Waals surface area contributed by atoms with Crippen molar-refractivity contribution < 1.29 is 39.0 Å². The zero-order valence-corrected chi connectivity index (χ0v) is 15.5. The first-order valence-electron chi connectivity index (χ1n) is 7.04. The minimum absolute atomic E-state index is 0.219. The SMILES string of the molecule is CC(=O)N[C@@H](CSC(=O)/C=C/C(=O)SC[C@H](NC(C)=O)C(=O)O)C(=O)O. The molecule has 0 fully saturated rings. The average molecular weight is 406 g/mol. The number of thioether (sulfide) groups is 2. The average Bonchev–Trinajstić information content (AvgIpc) is 2.52. The molecule has 4 N–H and O–H groups in total. The monoisotopic (exact) mass is 406 g/mol. The van der Waals surface area contributed by atoms with E-state index in [-0.39, 0.29) is 11.5 Å². The summed E-state index contributed by atoms with van der Waals surface area (Å²) in [6, 6.07) is -2.48. The lowest BCUT2D eigenvalue weighted by Crippen LogP contribution is -2.41. The fourth-order valence-corrected chi connectivity index (χ4v) is 2.85. The standard InChI is InChI=1S/C14H18N2O8S2/c1-7(17)15-9(13(21)22)5-25-11(19)3-4-12(20)26-6-10(14(23)24)16-8(2)18/h3-4,9-10H,5-6H2,1-2H3,(H,15,17)(H,16,18)(H,21,22)(H,23,24)/b4-3+/t9-,10-/m0/s1. The summed E-state index contributed by atoms with van der Waals surface area (Å²) in [5.41, 5.74) is 0. The highest BCUT2D eigenvalue weighted by Gasteiger charge is 2.20. The largest absolute Gasteiger partial charge is 0.480 e. The number of carboxylic acids is 2. The van der Waals surface area contributed by atoms with Gasteiger partial charge in [-0.3, -0.25) is 19.2 Å². The van der Waals surface area contributed by atoms with E-state index in [0.717, 1.165) is 26.0 Å². The molecule has 0 aromatic heterocycles. The van der Waals surface area contributed by atoms with Crippen LogP contribution in [0.3, 0.4) is 0 Å². The van der Waals surface area contributed by atoms with Gasteiger partial charge in [0, 0.05) is 25.4 Å². The Kier molecular flexibility index (Phi) is 11.0. The third-order valence-electron chi connectivity index (χ3n) is 2.49. The smallest absolute Gasteiger partial charge is 0.327 e. The third kappa shape index (κ3) is 11.3. The van der Waals surface area contributed by atoms with Gasteiger partial charge in [0.2, 0.25) is 22.0 Å². The third-order valence-corrected chi connectivity index (χ3v) is 4.33. The predicted molar refractivity (Wildman–Crippen MR) is 94.6 cm³/mol. The Morgan fingerprint density at radius 1 is 0.769 bits per heavy atom. The molecule has 0 rings (SSSR count). The van der Waals surface area contributed by atoms with Crippen molar-refractivity contribution in [1.29, 1.82) is 0 Å². The maximum atomic E-state index is 11.6. The van der Waals surface area contributed by atoms with Crippen molar-refractivity contribution in [3.05, 3.63) is 12.2 Å². The molecule has 0 bridgehead atoms. The highest BCUT2D eigenvalue weighted by atomic mass is 32.2. The lowest BCUT2D eigenvalue weighted by atomic mass is 10.3. The molecule has 0 spiro atoms. The number of carboxylic acid groups (broad SMARTS) is 2. The van der Waals surface area contributed by atoms with Gasteiger partial charge in [-0.25, -0.2) is 9.59 Å². The minimum Gasteiger partial charge on any atom is -0.480 e. The van der Waals surface area contributed by atoms with Crippen molar-refractivity contribution in [2.75, 3.05) is 11.5 Å². The second kappa shape index (κ2) is 12.1. The van der Waals surface area contributed by atoms with Crippen LogP contribution < -0.4 is 10.6 Å². The molecular weight excluding hydrogens is 388 g/mol. The van der Waals surface area contributed by atoms with Crippen molar-refractivity contribution >= 4 is 57.5 Å². The molecule has 0 heterocycles. The maximum Gasteiger partial charge on any atom is 0.327 e. The quantitative estimate of drug-likeness (QED) is 0.339. The maximum absolute atomic E-state index is 11.6. The van der Waals surface area contributed by atoms with Crippen LogP contribution in [0.25, 0.3) is 0 Å². The number of hydrogen-bond acceptors (Lipinski definition) is 8. The zero-order chi connectivity index (χ0) is 20.3. The van der Waals surface area contributed by atoms with Crippen LogP contribution in [-0.4, -0.2) is 67.8 Å². The van der Waals surface area contributed by atoms with Gasteiger partial charge in [-0.2, -0.15) is 0 Å². The number of hydrogen-bond donors (Lipinski definition) is 4. The Morgan fingerprint density at radius 3 is 1.31 bits per heavy atom. The van der Waals surface area contributed by atoms with E-state index in [0.29, 0.717) is 23.5 Å². The minimum atomic E-state index is -1.30. The van der Waals surface area contributed by atoms with Gasteiger partial charge in [0.15, 0.2) is 0 Å². The van der Waals surface area contributed by atoms with E-state index in [1.165, 1.54) is 0 Å². The van der Waals surface area contributed by atoms with Gasteiger partial charge in [-0.15, -0.1) is 0 Å². The Bertz CT molecular complexity index is 568. The molecule has 26 heavy (non-hydrogen) atoms. The molecule has 2 amide bonds. The van der Waals surface area contributed by atoms with Crippen molar-refractivity contribution in [1.82, 2.24) is 10.6 Å². The Morgan fingerprint density at radius 2 is 1.08 bits per heavy atom. The molecule has 2 atom stereocenters. The van der Waals surface area contributed by atoms with Gasteiger partial charge >= 0.3 is 11.9 Å². The number of aliphatic carboxylic acids is 2. The summed E-state index contributed by atoms with van der Waals surface area (Å²) in [6.45, 7) is 2.28. The van der Waals surface area contributed by atoms with Gasteiger partial charge in [-0.05, 0) is 12.2 Å². The Hall–Kier alpha value is -2.34. The first-order valence-corrected chi connectivity index (χ1v) is 9.01. The summed E-state index contributed by atoms with van der Waals surface area (Å²) < 4.78 is 0. The molecule has 0 aliphatic heterocycles. The summed E-state index contributed by atoms with van der Waals surface area (Å²) in [4.78, 5) is 66.7. The van der Waals surface area contributed by atoms with Gasteiger partial charge in [0.25, 0.3) is 0 Å². The van der Waals surface area contributed by atoms with Crippen LogP contribution in [0.5, 0.6) is 0 Å². The molecular formula is C14H18N2O8S2. The predicted octanol–water partition coefficient (Wildman–Crippen LogP) is -0.759. The lowest BCUT2D eigenvalue weighted by molar-refractivity contribution is -0.141. The first-order chi connectivity index (χ1) is 12.0. The molecule has 12 heteroatoms. The van der Waals surface area contributed by atoms with E-state index in [2.05, 4.69) is 10.6 Å². The van der Waals surface area contributed by atoms with Crippen molar-refractivity contribution in [2.24, 2.45) is 0 Å². The summed E-state index contributed by atoms with van der Waals surface area (Å²) in [5.74, 6) is -4.14. The molecule has 0 aromatic rings. The van der Waals surface area contributed by atoms with Crippen LogP contribution in [0.15, 0.2) is 12.2 Å². The Balaban J connectivity index is 4.43. The molecule has 0 radical (unpaired) electrons. The van der Waals surface area contributed by atoms with Gasteiger partial charge in [-0.1, -0.05) is 23.5 Å². The molecule has 0 saturated carbocycles. The summed E-state index contributed by atoms with van der Waals surface area (Å²) in [6.07, 6.45) is 1.84. The molecule has 0 unspecified atom stereocenters. The van der Waals surface area contributed by atoms with E-state index >= 15 is 0 Å². The summed E-state index contributed by atoms with van der Waals surface area (Å²) in [5, 5.41) is 20.9. The topological polar surface area (TPSA) is 167 Å². The van der Waals surface area contributed by atoms with Crippen molar-refractivity contribution in [3.63, 3.8) is 0 Å². The summed E-state index contributed by atoms with van der Waals surface area (Å²) >= 11 is 1.20.